The first-order valence-electron chi connectivity index (χ1n) is 14.4. The monoisotopic (exact) mass is 607 g/mol. The predicted molar refractivity (Wildman–Crippen MR) is 146 cm³/mol. The average molecular weight is 608 g/mol. The van der Waals surface area contributed by atoms with E-state index in [9.17, 15) is 37.1 Å². The number of nitrogens with one attached hydrogen (secondary N) is 3. The molecule has 2 saturated carbocycles. The van der Waals surface area contributed by atoms with Gasteiger partial charge < -0.3 is 31.3 Å². The van der Waals surface area contributed by atoms with Crippen LogP contribution in [0.1, 0.15) is 47.0 Å². The second-order valence-electron chi connectivity index (χ2n) is 13.0. The molecule has 43 heavy (non-hydrogen) atoms. The van der Waals surface area contributed by atoms with Gasteiger partial charge in [-0.2, -0.15) is 0 Å². The number of hydrogen-bond acceptors (Lipinski definition) is 6. The van der Waals surface area contributed by atoms with E-state index in [4.69, 9.17) is 10.5 Å². The highest BCUT2D eigenvalue weighted by Gasteiger charge is 2.69. The van der Waals surface area contributed by atoms with E-state index in [0.717, 1.165) is 12.1 Å². The summed E-state index contributed by atoms with van der Waals surface area (Å²) >= 11 is 0. The number of carbonyl (C=O) groups excluding carboxylic acids is 5. The number of fused-ring (bicyclic) bond motifs is 2. The van der Waals surface area contributed by atoms with Crippen LogP contribution in [0.5, 0.6) is 5.75 Å². The summed E-state index contributed by atoms with van der Waals surface area (Å²) in [7, 11) is 0. The molecule has 5 N–H and O–H groups in total. The molecule has 5 rings (SSSR count). The van der Waals surface area contributed by atoms with Gasteiger partial charge in [0, 0.05) is 37.8 Å². The third kappa shape index (κ3) is 5.75. The Hall–Kier alpha value is -3.84. The van der Waals surface area contributed by atoms with Gasteiger partial charge in [-0.3, -0.25) is 24.0 Å². The van der Waals surface area contributed by atoms with Crippen molar-refractivity contribution in [1.82, 2.24) is 15.5 Å². The molecular formula is C29H36F3N5O6. The van der Waals surface area contributed by atoms with Crippen molar-refractivity contribution in [3.05, 3.63) is 24.0 Å². The first kappa shape index (κ1) is 30.6. The van der Waals surface area contributed by atoms with Crippen LogP contribution in [0.2, 0.25) is 0 Å². The molecule has 6 atom stereocenters. The van der Waals surface area contributed by atoms with Crippen LogP contribution >= 0.6 is 0 Å². The van der Waals surface area contributed by atoms with Crippen molar-refractivity contribution < 1.29 is 41.9 Å². The Morgan fingerprint density at radius 1 is 1.14 bits per heavy atom. The maximum atomic E-state index is 13.8. The number of hydrogen-bond donors (Lipinski definition) is 4. The number of rotatable bonds is 9. The quantitative estimate of drug-likeness (QED) is 0.333. The van der Waals surface area contributed by atoms with Crippen LogP contribution in [0.25, 0.3) is 0 Å². The summed E-state index contributed by atoms with van der Waals surface area (Å²) < 4.78 is 45.9. The molecule has 2 heterocycles. The number of piperidine rings is 1. The van der Waals surface area contributed by atoms with Gasteiger partial charge in [-0.1, -0.05) is 27.7 Å². The standard InChI is InChI=1S/C29H36F3N5O6/c1-12(2)21(36-24(39)13-9-29(31,32)10-13)27(42)37-11-15-20(28(15,3)4)22(37)26(41)35-17(23(33)38)8-19-25(40)34-16-7-14(30)5-6-18(16)43-19/h5-7,12-13,15,17,19-22H,8-11H2,1-4H3,(H2,33,38)(H,34,40)(H,35,41)(H,36,39)/t15-,17?,19-,20-,21?,22-/m0/s1. The fraction of sp³-hybridized carbons (Fsp3) is 0.621. The van der Waals surface area contributed by atoms with Gasteiger partial charge >= 0.3 is 0 Å². The van der Waals surface area contributed by atoms with Crippen LogP contribution in [-0.4, -0.2) is 71.1 Å². The van der Waals surface area contributed by atoms with E-state index in [-0.39, 0.29) is 41.7 Å². The van der Waals surface area contributed by atoms with Crippen LogP contribution < -0.4 is 26.4 Å². The van der Waals surface area contributed by atoms with Crippen LogP contribution in [0.15, 0.2) is 18.2 Å². The zero-order valence-electron chi connectivity index (χ0n) is 24.3. The molecule has 234 valence electrons. The summed E-state index contributed by atoms with van der Waals surface area (Å²) in [4.78, 5) is 66.6. The minimum Gasteiger partial charge on any atom is -0.478 e. The molecule has 1 aromatic rings. The Morgan fingerprint density at radius 3 is 2.42 bits per heavy atom. The average Bonchev–Trinajstić information content (AvgIpc) is 3.21. The molecule has 0 spiro atoms. The summed E-state index contributed by atoms with van der Waals surface area (Å²) in [5, 5.41) is 7.73. The van der Waals surface area contributed by atoms with E-state index in [1.54, 1.807) is 13.8 Å². The number of ether oxygens (including phenoxy) is 1. The molecule has 0 aromatic heterocycles. The number of halogens is 3. The van der Waals surface area contributed by atoms with Crippen molar-refractivity contribution in [1.29, 1.82) is 0 Å². The number of alkyl halides is 2. The minimum atomic E-state index is -2.90. The van der Waals surface area contributed by atoms with E-state index in [1.165, 1.54) is 11.0 Å². The molecule has 14 heteroatoms. The normalized spacial score (nSPS) is 27.9. The molecule has 0 radical (unpaired) electrons. The van der Waals surface area contributed by atoms with Crippen LogP contribution in [0.4, 0.5) is 18.9 Å². The summed E-state index contributed by atoms with van der Waals surface area (Å²) in [6, 6.07) is 0.175. The Balaban J connectivity index is 1.30. The topological polar surface area (TPSA) is 160 Å². The highest BCUT2D eigenvalue weighted by Crippen LogP contribution is 2.65. The van der Waals surface area contributed by atoms with Gasteiger partial charge in [0.1, 0.15) is 29.7 Å². The highest BCUT2D eigenvalue weighted by atomic mass is 19.3. The lowest BCUT2D eigenvalue weighted by Gasteiger charge is -2.37. The second kappa shape index (κ2) is 10.7. The molecule has 5 amide bonds. The fourth-order valence-corrected chi connectivity index (χ4v) is 6.62. The number of amides is 5. The Morgan fingerprint density at radius 2 is 1.81 bits per heavy atom. The lowest BCUT2D eigenvalue weighted by molar-refractivity contribution is -0.154. The molecule has 2 unspecified atom stereocenters. The first-order chi connectivity index (χ1) is 20.0. The second-order valence-corrected chi connectivity index (χ2v) is 13.0. The Labute approximate surface area is 246 Å². The van der Waals surface area contributed by atoms with Gasteiger partial charge in [-0.15, -0.1) is 0 Å². The lowest BCUT2D eigenvalue weighted by atomic mass is 9.80. The maximum absolute atomic E-state index is 13.8. The molecule has 2 aliphatic carbocycles. The van der Waals surface area contributed by atoms with Crippen molar-refractivity contribution in [2.45, 2.75) is 77.1 Å². The summed E-state index contributed by atoms with van der Waals surface area (Å²) in [5.74, 6) is -8.23. The van der Waals surface area contributed by atoms with Gasteiger partial charge in [0.05, 0.1) is 5.69 Å². The molecule has 0 bridgehead atoms. The van der Waals surface area contributed by atoms with Crippen molar-refractivity contribution in [2.24, 2.45) is 34.8 Å². The first-order valence-corrected chi connectivity index (χ1v) is 14.4. The molecule has 1 saturated heterocycles. The predicted octanol–water partition coefficient (Wildman–Crippen LogP) is 1.55. The Kier molecular flexibility index (Phi) is 7.62. The van der Waals surface area contributed by atoms with Gasteiger partial charge in [-0.25, -0.2) is 13.2 Å². The summed E-state index contributed by atoms with van der Waals surface area (Å²) in [6.07, 6.45) is -2.70. The molecule has 1 aromatic carbocycles. The van der Waals surface area contributed by atoms with Gasteiger partial charge in [0.2, 0.25) is 29.6 Å². The fourth-order valence-electron chi connectivity index (χ4n) is 6.62. The number of carbonyl (C=O) groups is 5. The maximum Gasteiger partial charge on any atom is 0.265 e. The van der Waals surface area contributed by atoms with Crippen molar-refractivity contribution >= 4 is 35.2 Å². The number of benzene rings is 1. The smallest absolute Gasteiger partial charge is 0.265 e. The number of nitrogens with two attached hydrogens (primary N) is 1. The van der Waals surface area contributed by atoms with Gasteiger partial charge in [-0.05, 0) is 35.3 Å². The largest absolute Gasteiger partial charge is 0.478 e. The van der Waals surface area contributed by atoms with Gasteiger partial charge in [0.25, 0.3) is 5.91 Å². The third-order valence-electron chi connectivity index (χ3n) is 9.32. The Bertz CT molecular complexity index is 1360. The van der Waals surface area contributed by atoms with E-state index < -0.39 is 90.2 Å². The number of likely N-dealkylation sites (tertiary alicyclic amines) is 1. The van der Waals surface area contributed by atoms with Crippen molar-refractivity contribution in [2.75, 3.05) is 11.9 Å². The van der Waals surface area contributed by atoms with E-state index >= 15 is 0 Å². The van der Waals surface area contributed by atoms with Crippen LogP contribution in [-0.2, 0) is 24.0 Å². The number of anilines is 1. The molecule has 2 aliphatic heterocycles. The van der Waals surface area contributed by atoms with Gasteiger partial charge in [0.15, 0.2) is 6.10 Å². The number of primary amides is 1. The minimum absolute atomic E-state index is 0.0163. The van der Waals surface area contributed by atoms with E-state index in [0.29, 0.717) is 0 Å². The number of nitrogens with zero attached hydrogens (tertiary/aromatic N) is 1. The SMILES string of the molecule is CC(C)C(NC(=O)C1CC(F)(F)C1)C(=O)N1C[C@H]2[C@@H]([C@H]1C(=O)NC(C[C@@H]1Oc3ccc(F)cc3NC1=O)C(N)=O)C2(C)C. The zero-order valence-corrected chi connectivity index (χ0v) is 24.3. The van der Waals surface area contributed by atoms with Crippen molar-refractivity contribution in [3.63, 3.8) is 0 Å². The van der Waals surface area contributed by atoms with Crippen LogP contribution in [0.3, 0.4) is 0 Å². The lowest BCUT2D eigenvalue weighted by Crippen LogP contribution is -2.60. The van der Waals surface area contributed by atoms with E-state index in [2.05, 4.69) is 16.0 Å². The summed E-state index contributed by atoms with van der Waals surface area (Å²) in [5.41, 5.74) is 5.44. The van der Waals surface area contributed by atoms with Crippen molar-refractivity contribution in [3.8, 4) is 5.75 Å². The molecular weight excluding hydrogens is 571 g/mol. The highest BCUT2D eigenvalue weighted by molar-refractivity contribution is 5.99. The molecule has 3 fully saturated rings. The van der Waals surface area contributed by atoms with E-state index in [1.807, 2.05) is 13.8 Å². The molecule has 11 nitrogen and oxygen atoms in total. The summed E-state index contributed by atoms with van der Waals surface area (Å²) in [6.45, 7) is 7.58. The third-order valence-corrected chi connectivity index (χ3v) is 9.32. The van der Waals surface area contributed by atoms with Crippen LogP contribution in [0, 0.1) is 34.9 Å². The molecule has 4 aliphatic rings. The zero-order chi connectivity index (χ0) is 31.6.